The van der Waals surface area contributed by atoms with E-state index < -0.39 is 5.41 Å². The average Bonchev–Trinajstić information content (AvgIpc) is 2.81. The molecule has 4 rings (SSSR count). The summed E-state index contributed by atoms with van der Waals surface area (Å²) in [4.78, 5) is 18.2. The first-order chi connectivity index (χ1) is 15.5. The van der Waals surface area contributed by atoms with Crippen LogP contribution in [0.4, 0.5) is 5.69 Å². The molecule has 0 aliphatic rings. The van der Waals surface area contributed by atoms with Crippen molar-refractivity contribution in [2.24, 2.45) is 5.41 Å². The number of fused-ring (bicyclic) bond motifs is 1. The molecule has 5 heteroatoms. The summed E-state index contributed by atoms with van der Waals surface area (Å²) in [5.74, 6) is 0.737. The first kappa shape index (κ1) is 21.8. The lowest BCUT2D eigenvalue weighted by Gasteiger charge is -2.29. The van der Waals surface area contributed by atoms with E-state index in [9.17, 15) is 4.79 Å². The number of nitrogens with one attached hydrogen (secondary N) is 1. The van der Waals surface area contributed by atoms with Crippen molar-refractivity contribution in [3.63, 3.8) is 0 Å². The molecule has 0 saturated carbocycles. The summed E-state index contributed by atoms with van der Waals surface area (Å²) in [6.45, 7) is 2.00. The number of halogens is 1. The smallest absolute Gasteiger partial charge is 0.231 e. The van der Waals surface area contributed by atoms with Crippen LogP contribution < -0.4 is 10.1 Å². The quantitative estimate of drug-likeness (QED) is 0.362. The number of benzene rings is 3. The predicted molar refractivity (Wildman–Crippen MR) is 130 cm³/mol. The van der Waals surface area contributed by atoms with E-state index in [1.165, 1.54) is 0 Å². The van der Waals surface area contributed by atoms with Gasteiger partial charge in [0.2, 0.25) is 5.91 Å². The van der Waals surface area contributed by atoms with E-state index >= 15 is 0 Å². The maximum absolute atomic E-state index is 13.7. The summed E-state index contributed by atoms with van der Waals surface area (Å²) in [6.07, 6.45) is 2.88. The molecule has 1 N–H and O–H groups in total. The number of carbonyl (C=O) groups excluding carboxylic acids is 1. The molecule has 1 aromatic heterocycles. The van der Waals surface area contributed by atoms with Crippen molar-refractivity contribution in [2.75, 3.05) is 12.4 Å². The number of amides is 1. The van der Waals surface area contributed by atoms with Crippen molar-refractivity contribution in [3.05, 3.63) is 101 Å². The molecule has 3 aromatic carbocycles. The number of ether oxygens (including phenoxy) is 1. The lowest BCUT2D eigenvalue weighted by Crippen LogP contribution is -2.37. The molecule has 1 unspecified atom stereocenters. The Morgan fingerprint density at radius 3 is 2.22 bits per heavy atom. The van der Waals surface area contributed by atoms with Crippen LogP contribution >= 0.6 is 11.6 Å². The minimum Gasteiger partial charge on any atom is -0.497 e. The highest BCUT2D eigenvalue weighted by Crippen LogP contribution is 2.32. The third kappa shape index (κ3) is 4.92. The monoisotopic (exact) mass is 444 g/mol. The number of pyridine rings is 1. The Labute approximate surface area is 193 Å². The molecule has 0 fully saturated rings. The van der Waals surface area contributed by atoms with Gasteiger partial charge in [-0.1, -0.05) is 61.0 Å². The molecule has 0 saturated heterocycles. The molecule has 1 atom stereocenters. The average molecular weight is 445 g/mol. The van der Waals surface area contributed by atoms with E-state index in [1.807, 2.05) is 85.8 Å². The first-order valence-corrected chi connectivity index (χ1v) is 10.9. The third-order valence-electron chi connectivity index (χ3n) is 5.69. The lowest BCUT2D eigenvalue weighted by atomic mass is 9.77. The number of hydrogen-bond donors (Lipinski definition) is 1. The van der Waals surface area contributed by atoms with Crippen molar-refractivity contribution in [2.45, 2.75) is 19.8 Å². The van der Waals surface area contributed by atoms with Crippen LogP contribution in [0, 0.1) is 5.41 Å². The number of carbonyl (C=O) groups is 1. The summed E-state index contributed by atoms with van der Waals surface area (Å²) in [7, 11) is 1.64. The van der Waals surface area contributed by atoms with Gasteiger partial charge in [-0.15, -0.1) is 0 Å². The highest BCUT2D eigenvalue weighted by atomic mass is 35.5. The molecule has 4 aromatic rings. The maximum atomic E-state index is 13.7. The number of hydrogen-bond acceptors (Lipinski definition) is 3. The van der Waals surface area contributed by atoms with E-state index in [1.54, 1.807) is 13.3 Å². The number of aromatic nitrogens is 1. The van der Waals surface area contributed by atoms with Gasteiger partial charge in [0.05, 0.1) is 23.7 Å². The molecule has 1 heterocycles. The Morgan fingerprint density at radius 2 is 1.56 bits per heavy atom. The molecule has 4 nitrogen and oxygen atoms in total. The molecule has 0 spiro atoms. The highest BCUT2D eigenvalue weighted by Gasteiger charge is 2.34. The first-order valence-electron chi connectivity index (χ1n) is 10.5. The summed E-state index contributed by atoms with van der Waals surface area (Å²) < 4.78 is 5.27. The second-order valence-corrected chi connectivity index (χ2v) is 8.66. The van der Waals surface area contributed by atoms with Crippen LogP contribution in [-0.2, 0) is 17.6 Å². The number of methoxy groups -OCH3 is 1. The molecule has 1 amide bonds. The SMILES string of the molecule is COc1ccc(CC(C)(Cc2ccc(Cl)cc2)C(=O)Nc2cccc3cccnc23)cc1. The van der Waals surface area contributed by atoms with Gasteiger partial charge in [-0.3, -0.25) is 9.78 Å². The van der Waals surface area contributed by atoms with E-state index in [0.717, 1.165) is 27.8 Å². The molecular weight excluding hydrogens is 420 g/mol. The van der Waals surface area contributed by atoms with Gasteiger partial charge < -0.3 is 10.1 Å². The van der Waals surface area contributed by atoms with Gasteiger partial charge in [-0.25, -0.2) is 0 Å². The topological polar surface area (TPSA) is 51.2 Å². The van der Waals surface area contributed by atoms with Gasteiger partial charge in [0.1, 0.15) is 5.75 Å². The molecule has 0 aliphatic carbocycles. The lowest BCUT2D eigenvalue weighted by molar-refractivity contribution is -0.124. The number of anilines is 1. The van der Waals surface area contributed by atoms with Crippen LogP contribution in [-0.4, -0.2) is 18.0 Å². The highest BCUT2D eigenvalue weighted by molar-refractivity contribution is 6.30. The normalized spacial score (nSPS) is 12.8. The molecule has 0 aliphatic heterocycles. The molecule has 0 radical (unpaired) electrons. The standard InChI is InChI=1S/C27H25ClN2O2/c1-27(17-19-8-12-22(28)13-9-19,18-20-10-14-23(32-2)15-11-20)26(31)30-24-7-3-5-21-6-4-16-29-25(21)24/h3-16H,17-18H2,1-2H3,(H,30,31). The second-order valence-electron chi connectivity index (χ2n) is 8.22. The van der Waals surface area contributed by atoms with Crippen molar-refractivity contribution in [1.82, 2.24) is 4.98 Å². The fraction of sp³-hybridized carbons (Fsp3) is 0.185. The summed E-state index contributed by atoms with van der Waals surface area (Å²) >= 11 is 6.07. The zero-order valence-corrected chi connectivity index (χ0v) is 18.9. The van der Waals surface area contributed by atoms with E-state index in [0.29, 0.717) is 23.6 Å². The number of para-hydroxylation sites is 1. The van der Waals surface area contributed by atoms with Crippen molar-refractivity contribution in [1.29, 1.82) is 0 Å². The summed E-state index contributed by atoms with van der Waals surface area (Å²) in [6, 6.07) is 25.2. The van der Waals surface area contributed by atoms with E-state index in [2.05, 4.69) is 10.3 Å². The van der Waals surface area contributed by atoms with E-state index in [4.69, 9.17) is 16.3 Å². The van der Waals surface area contributed by atoms with Crippen LogP contribution in [0.15, 0.2) is 85.1 Å². The van der Waals surface area contributed by atoms with Crippen LogP contribution in [0.3, 0.4) is 0 Å². The van der Waals surface area contributed by atoms with Gasteiger partial charge in [-0.05, 0) is 60.4 Å². The third-order valence-corrected chi connectivity index (χ3v) is 5.94. The minimum absolute atomic E-state index is 0.0542. The zero-order chi connectivity index (χ0) is 22.6. The van der Waals surface area contributed by atoms with Crippen LogP contribution in [0.2, 0.25) is 5.02 Å². The van der Waals surface area contributed by atoms with Gasteiger partial charge >= 0.3 is 0 Å². The van der Waals surface area contributed by atoms with Crippen molar-refractivity contribution >= 4 is 34.1 Å². The van der Waals surface area contributed by atoms with E-state index in [-0.39, 0.29) is 5.91 Å². The van der Waals surface area contributed by atoms with Crippen LogP contribution in [0.1, 0.15) is 18.1 Å². The Balaban J connectivity index is 1.66. The fourth-order valence-electron chi connectivity index (χ4n) is 3.95. The van der Waals surface area contributed by atoms with Crippen molar-refractivity contribution < 1.29 is 9.53 Å². The Hall–Kier alpha value is -3.37. The van der Waals surface area contributed by atoms with Gasteiger partial charge in [0.15, 0.2) is 0 Å². The van der Waals surface area contributed by atoms with Gasteiger partial charge in [0.25, 0.3) is 0 Å². The van der Waals surface area contributed by atoms with Crippen LogP contribution in [0.25, 0.3) is 10.9 Å². The number of nitrogens with zero attached hydrogens (tertiary/aromatic N) is 1. The molecule has 32 heavy (non-hydrogen) atoms. The maximum Gasteiger partial charge on any atom is 0.231 e. The summed E-state index contributed by atoms with van der Waals surface area (Å²) in [5, 5.41) is 4.81. The zero-order valence-electron chi connectivity index (χ0n) is 18.1. The van der Waals surface area contributed by atoms with Crippen LogP contribution in [0.5, 0.6) is 5.75 Å². The van der Waals surface area contributed by atoms with Gasteiger partial charge in [-0.2, -0.15) is 0 Å². The minimum atomic E-state index is -0.695. The Morgan fingerprint density at radius 1 is 0.938 bits per heavy atom. The Kier molecular flexibility index (Phi) is 6.42. The summed E-state index contributed by atoms with van der Waals surface area (Å²) in [5.41, 5.74) is 2.91. The molecule has 0 bridgehead atoms. The molecule has 162 valence electrons. The molecular formula is C27H25ClN2O2. The second kappa shape index (κ2) is 9.41. The fourth-order valence-corrected chi connectivity index (χ4v) is 4.07. The Bertz CT molecular complexity index is 1220. The predicted octanol–water partition coefficient (Wildman–Crippen LogP) is 6.33. The van der Waals surface area contributed by atoms with Gasteiger partial charge in [0, 0.05) is 16.6 Å². The van der Waals surface area contributed by atoms with Crippen molar-refractivity contribution in [3.8, 4) is 5.75 Å². The largest absolute Gasteiger partial charge is 0.497 e. The number of rotatable bonds is 7.